The van der Waals surface area contributed by atoms with E-state index >= 15 is 0 Å². The molecule has 6 rings (SSSR count). The van der Waals surface area contributed by atoms with Crippen molar-refractivity contribution in [3.63, 3.8) is 0 Å². The van der Waals surface area contributed by atoms with Crippen LogP contribution in [0.3, 0.4) is 0 Å². The molecule has 2 aliphatic rings. The number of nitriles is 1. The van der Waals surface area contributed by atoms with Crippen LogP contribution in [0, 0.1) is 11.3 Å². The van der Waals surface area contributed by atoms with Crippen LogP contribution in [0.4, 0.5) is 23.5 Å². The number of amides is 2. The lowest BCUT2D eigenvalue weighted by Crippen LogP contribution is -2.50. The van der Waals surface area contributed by atoms with Crippen molar-refractivity contribution in [1.29, 1.82) is 5.26 Å². The van der Waals surface area contributed by atoms with E-state index in [0.717, 1.165) is 0 Å². The predicted octanol–water partition coefficient (Wildman–Crippen LogP) is 3.23. The molecule has 0 saturated carbocycles. The molecule has 2 fully saturated rings. The van der Waals surface area contributed by atoms with E-state index in [0.29, 0.717) is 92.7 Å². The van der Waals surface area contributed by atoms with Crippen molar-refractivity contribution in [3.05, 3.63) is 95.8 Å². The first kappa shape index (κ1) is 30.2. The minimum Gasteiger partial charge on any atom is -0.337 e. The van der Waals surface area contributed by atoms with Crippen molar-refractivity contribution in [1.82, 2.24) is 29.7 Å². The Hall–Kier alpha value is -5.28. The van der Waals surface area contributed by atoms with Gasteiger partial charge in [0.2, 0.25) is 17.8 Å². The fourth-order valence-electron chi connectivity index (χ4n) is 5.10. The van der Waals surface area contributed by atoms with E-state index in [9.17, 15) is 9.59 Å². The molecule has 0 bridgehead atoms. The molecule has 4 heterocycles. The van der Waals surface area contributed by atoms with E-state index in [2.05, 4.69) is 20.1 Å². The van der Waals surface area contributed by atoms with Gasteiger partial charge in [0.15, 0.2) is 0 Å². The lowest BCUT2D eigenvalue weighted by Gasteiger charge is -2.36. The van der Waals surface area contributed by atoms with Gasteiger partial charge in [0.1, 0.15) is 11.8 Å². The number of pyridine rings is 1. The Balaban J connectivity index is 0.00000384. The zero-order valence-electron chi connectivity index (χ0n) is 23.9. The van der Waals surface area contributed by atoms with Crippen LogP contribution in [0.15, 0.2) is 79.0 Å². The number of piperazine rings is 2. The van der Waals surface area contributed by atoms with Crippen LogP contribution in [-0.2, 0) is 0 Å². The maximum absolute atomic E-state index is 13.0. The first-order valence-electron chi connectivity index (χ1n) is 14.2. The highest BCUT2D eigenvalue weighted by Gasteiger charge is 2.27. The normalized spacial score (nSPS) is 14.8. The molecule has 2 aromatic heterocycles. The maximum atomic E-state index is 13.0. The molecule has 44 heavy (non-hydrogen) atoms. The highest BCUT2D eigenvalue weighted by Crippen LogP contribution is 2.22. The van der Waals surface area contributed by atoms with Crippen LogP contribution in [0.25, 0.3) is 0 Å². The fourth-order valence-corrected chi connectivity index (χ4v) is 5.10. The Bertz CT molecular complexity index is 1530. The number of benzene rings is 2. The Morgan fingerprint density at radius 3 is 1.55 bits per heavy atom. The third kappa shape index (κ3) is 6.85. The molecule has 0 aliphatic carbocycles. The van der Waals surface area contributed by atoms with Crippen LogP contribution in [0.2, 0.25) is 0 Å². The molecule has 0 atom stereocenters. The van der Waals surface area contributed by atoms with Gasteiger partial charge < -0.3 is 24.9 Å². The second kappa shape index (κ2) is 13.8. The average molecular weight is 611 g/mol. The van der Waals surface area contributed by atoms with Gasteiger partial charge in [-0.05, 0) is 36.4 Å². The Labute approximate surface area is 261 Å². The topological polar surface area (TPSA) is 134 Å². The van der Waals surface area contributed by atoms with Gasteiger partial charge in [0, 0.05) is 63.5 Å². The molecule has 0 unspecified atom stereocenters. The summed E-state index contributed by atoms with van der Waals surface area (Å²) in [6.45, 7) is 4.43. The van der Waals surface area contributed by atoms with E-state index in [1.807, 2.05) is 76.5 Å². The molecule has 2 amide bonds. The lowest BCUT2D eigenvalue weighted by molar-refractivity contribution is 0.0739. The van der Waals surface area contributed by atoms with Crippen molar-refractivity contribution in [2.45, 2.75) is 0 Å². The number of nitrogens with one attached hydrogen (secondary N) is 1. The number of halogens is 1. The molecular weight excluding hydrogens is 580 g/mol. The van der Waals surface area contributed by atoms with E-state index in [4.69, 9.17) is 20.2 Å². The molecular formula is C31H31ClN10O2. The van der Waals surface area contributed by atoms with Gasteiger partial charge in [-0.1, -0.05) is 36.4 Å². The Morgan fingerprint density at radius 2 is 1.14 bits per heavy atom. The molecule has 0 radical (unpaired) electrons. The number of carbonyl (C=O) groups is 2. The van der Waals surface area contributed by atoms with Crippen LogP contribution < -0.4 is 15.1 Å². The van der Waals surface area contributed by atoms with E-state index in [1.165, 1.54) is 0 Å². The van der Waals surface area contributed by atoms with E-state index in [1.54, 1.807) is 18.3 Å². The average Bonchev–Trinajstić information content (AvgIpc) is 3.09. The molecule has 2 saturated heterocycles. The maximum Gasteiger partial charge on any atom is 0.253 e. The monoisotopic (exact) mass is 610 g/mol. The van der Waals surface area contributed by atoms with Gasteiger partial charge in [-0.25, -0.2) is 4.98 Å². The third-order valence-corrected chi connectivity index (χ3v) is 7.49. The summed E-state index contributed by atoms with van der Waals surface area (Å²) in [5, 5.41) is 12.3. The van der Waals surface area contributed by atoms with Gasteiger partial charge in [0.05, 0.1) is 11.9 Å². The SMILES string of the molecule is Cl.N#Cc1ccc(Nc2nc(N3CCN(C(=O)c4ccccc4)CC3)nc(N3CCN(C(=O)c4ccccc4)CC3)n2)cn1. The molecule has 0 spiro atoms. The van der Waals surface area contributed by atoms with Crippen molar-refractivity contribution < 1.29 is 9.59 Å². The smallest absolute Gasteiger partial charge is 0.253 e. The summed E-state index contributed by atoms with van der Waals surface area (Å²) in [7, 11) is 0. The van der Waals surface area contributed by atoms with Gasteiger partial charge in [-0.15, -0.1) is 12.4 Å². The standard InChI is InChI=1S/C31H30N10O2.ClH/c32-21-25-11-12-26(22-33-25)34-29-35-30(40-17-13-38(14-18-40)27(42)23-7-3-1-4-8-23)37-31(36-29)41-19-15-39(16-20-41)28(43)24-9-5-2-6-10-24;/h1-12,22H,13-20H2,(H,34,35,36,37);1H. The number of hydrogen-bond donors (Lipinski definition) is 1. The Morgan fingerprint density at radius 1 is 0.659 bits per heavy atom. The number of aromatic nitrogens is 4. The fraction of sp³-hybridized carbons (Fsp3) is 0.258. The number of hydrogen-bond acceptors (Lipinski definition) is 10. The van der Waals surface area contributed by atoms with Gasteiger partial charge >= 0.3 is 0 Å². The van der Waals surface area contributed by atoms with E-state index in [-0.39, 0.29) is 24.2 Å². The molecule has 224 valence electrons. The Kier molecular flexibility index (Phi) is 9.46. The number of rotatable bonds is 6. The van der Waals surface area contributed by atoms with Crippen molar-refractivity contribution in [2.24, 2.45) is 0 Å². The van der Waals surface area contributed by atoms with Crippen molar-refractivity contribution in [3.8, 4) is 6.07 Å². The minimum atomic E-state index is 0. The molecule has 1 N–H and O–H groups in total. The van der Waals surface area contributed by atoms with Crippen LogP contribution in [-0.4, -0.2) is 93.9 Å². The van der Waals surface area contributed by atoms with Crippen LogP contribution >= 0.6 is 12.4 Å². The minimum absolute atomic E-state index is 0. The van der Waals surface area contributed by atoms with Gasteiger partial charge in [-0.2, -0.15) is 20.2 Å². The highest BCUT2D eigenvalue weighted by molar-refractivity contribution is 5.95. The quantitative estimate of drug-likeness (QED) is 0.347. The zero-order chi connectivity index (χ0) is 29.6. The summed E-state index contributed by atoms with van der Waals surface area (Å²) in [6, 6.07) is 24.0. The number of nitrogens with zero attached hydrogens (tertiary/aromatic N) is 9. The predicted molar refractivity (Wildman–Crippen MR) is 168 cm³/mol. The van der Waals surface area contributed by atoms with E-state index < -0.39 is 0 Å². The van der Waals surface area contributed by atoms with Gasteiger partial charge in [-0.3, -0.25) is 9.59 Å². The van der Waals surface area contributed by atoms with Gasteiger partial charge in [0.25, 0.3) is 11.8 Å². The molecule has 4 aromatic rings. The zero-order valence-corrected chi connectivity index (χ0v) is 24.7. The summed E-state index contributed by atoms with van der Waals surface area (Å²) in [5.41, 5.74) is 2.30. The molecule has 2 aromatic carbocycles. The first-order valence-corrected chi connectivity index (χ1v) is 14.2. The molecule has 12 nitrogen and oxygen atoms in total. The summed E-state index contributed by atoms with van der Waals surface area (Å²) >= 11 is 0. The highest BCUT2D eigenvalue weighted by atomic mass is 35.5. The summed E-state index contributed by atoms with van der Waals surface area (Å²) in [5.74, 6) is 1.37. The number of carbonyl (C=O) groups excluding carboxylic acids is 2. The van der Waals surface area contributed by atoms with Crippen LogP contribution in [0.5, 0.6) is 0 Å². The molecule has 13 heteroatoms. The third-order valence-electron chi connectivity index (χ3n) is 7.49. The lowest BCUT2D eigenvalue weighted by atomic mass is 10.2. The summed E-state index contributed by atoms with van der Waals surface area (Å²) in [6.07, 6.45) is 1.56. The summed E-state index contributed by atoms with van der Waals surface area (Å²) in [4.78, 5) is 52.1. The van der Waals surface area contributed by atoms with Crippen LogP contribution in [0.1, 0.15) is 26.4 Å². The largest absolute Gasteiger partial charge is 0.337 e. The summed E-state index contributed by atoms with van der Waals surface area (Å²) < 4.78 is 0. The van der Waals surface area contributed by atoms with Crippen molar-refractivity contribution in [2.75, 3.05) is 67.5 Å². The second-order valence-electron chi connectivity index (χ2n) is 10.2. The van der Waals surface area contributed by atoms with Crippen molar-refractivity contribution >= 4 is 47.8 Å². The first-order chi connectivity index (χ1) is 21.1. The second-order valence-corrected chi connectivity index (χ2v) is 10.2. The molecule has 2 aliphatic heterocycles. The number of anilines is 4.